The molecule has 0 amide bonds. The molecule has 8 heteroatoms. The lowest BCUT2D eigenvalue weighted by atomic mass is 10.1. The normalized spacial score (nSPS) is 25.1. The fourth-order valence-electron chi connectivity index (χ4n) is 2.79. The lowest BCUT2D eigenvalue weighted by molar-refractivity contribution is -0.205. The average molecular weight is 362 g/mol. The molecule has 0 bridgehead atoms. The highest BCUT2D eigenvalue weighted by atomic mass is 16.8. The zero-order chi connectivity index (χ0) is 17.9. The Morgan fingerprint density at radius 3 is 2.73 bits per heavy atom. The Hall–Kier alpha value is -2.55. The van der Waals surface area contributed by atoms with Crippen molar-refractivity contribution in [2.45, 2.75) is 18.7 Å². The van der Waals surface area contributed by atoms with Crippen molar-refractivity contribution in [2.24, 2.45) is 0 Å². The highest BCUT2D eigenvalue weighted by Crippen LogP contribution is 2.29. The summed E-state index contributed by atoms with van der Waals surface area (Å²) in [5.74, 6) is 1.37. The number of fused-ring (bicyclic) bond motifs is 1. The number of cyclic esters (lactones) is 2. The van der Waals surface area contributed by atoms with Crippen LogP contribution in [0.1, 0.15) is 0 Å². The van der Waals surface area contributed by atoms with Crippen molar-refractivity contribution in [1.29, 1.82) is 0 Å². The highest BCUT2D eigenvalue weighted by Gasteiger charge is 2.26. The summed E-state index contributed by atoms with van der Waals surface area (Å²) in [4.78, 5) is 10.9. The Morgan fingerprint density at radius 2 is 1.96 bits per heavy atom. The van der Waals surface area contributed by atoms with E-state index in [0.717, 1.165) is 10.8 Å². The lowest BCUT2D eigenvalue weighted by Crippen LogP contribution is -2.21. The quantitative estimate of drug-likeness (QED) is 0.778. The van der Waals surface area contributed by atoms with Crippen LogP contribution in [-0.2, 0) is 18.9 Å². The summed E-state index contributed by atoms with van der Waals surface area (Å²) < 4.78 is 31.2. The van der Waals surface area contributed by atoms with Gasteiger partial charge in [0.15, 0.2) is 6.10 Å². The molecule has 138 valence electrons. The lowest BCUT2D eigenvalue weighted by Gasteiger charge is -2.14. The van der Waals surface area contributed by atoms with Crippen LogP contribution in [0.3, 0.4) is 0 Å². The van der Waals surface area contributed by atoms with Crippen molar-refractivity contribution >= 4 is 16.9 Å². The van der Waals surface area contributed by atoms with Crippen LogP contribution in [0.2, 0.25) is 0 Å². The van der Waals surface area contributed by atoms with E-state index in [2.05, 4.69) is 0 Å². The van der Waals surface area contributed by atoms with Gasteiger partial charge < -0.3 is 33.5 Å². The molecule has 2 aromatic rings. The number of ether oxygens (including phenoxy) is 6. The fraction of sp³-hybridized carbons (Fsp3) is 0.389. The van der Waals surface area contributed by atoms with Gasteiger partial charge in [-0.1, -0.05) is 12.1 Å². The molecule has 2 saturated heterocycles. The minimum atomic E-state index is -1.18. The first-order valence-corrected chi connectivity index (χ1v) is 8.24. The van der Waals surface area contributed by atoms with Crippen LogP contribution in [0.25, 0.3) is 10.8 Å². The third kappa shape index (κ3) is 3.82. The summed E-state index contributed by atoms with van der Waals surface area (Å²) in [5, 5.41) is 11.1. The van der Waals surface area contributed by atoms with Crippen LogP contribution >= 0.6 is 0 Å². The smallest absolute Gasteiger partial charge is 0.490 e. The summed E-state index contributed by atoms with van der Waals surface area (Å²) >= 11 is 0. The second kappa shape index (κ2) is 7.36. The van der Waals surface area contributed by atoms with E-state index in [0.29, 0.717) is 18.1 Å². The SMILES string of the molecule is O=C1OCC(COc2ccc3c(OCC4COC(O)O4)cccc3c2)O1. The van der Waals surface area contributed by atoms with E-state index >= 15 is 0 Å². The van der Waals surface area contributed by atoms with Crippen LogP contribution in [0.15, 0.2) is 36.4 Å². The molecule has 2 heterocycles. The van der Waals surface area contributed by atoms with E-state index < -0.39 is 18.7 Å². The topological polar surface area (TPSA) is 92.7 Å². The van der Waals surface area contributed by atoms with Crippen molar-refractivity contribution in [2.75, 3.05) is 26.4 Å². The number of hydrogen-bond donors (Lipinski definition) is 1. The van der Waals surface area contributed by atoms with Gasteiger partial charge in [0.25, 0.3) is 6.48 Å². The minimum Gasteiger partial charge on any atom is -0.490 e. The molecule has 3 atom stereocenters. The predicted molar refractivity (Wildman–Crippen MR) is 88.0 cm³/mol. The average Bonchev–Trinajstić information content (AvgIpc) is 3.26. The zero-order valence-corrected chi connectivity index (χ0v) is 13.8. The summed E-state index contributed by atoms with van der Waals surface area (Å²) in [7, 11) is 0. The summed E-state index contributed by atoms with van der Waals surface area (Å²) in [6, 6.07) is 11.3. The predicted octanol–water partition coefficient (Wildman–Crippen LogP) is 1.82. The molecule has 0 radical (unpaired) electrons. The van der Waals surface area contributed by atoms with Gasteiger partial charge in [-0.15, -0.1) is 0 Å². The van der Waals surface area contributed by atoms with E-state index in [9.17, 15) is 9.90 Å². The first kappa shape index (κ1) is 16.9. The number of benzene rings is 2. The molecule has 0 aliphatic carbocycles. The minimum absolute atomic E-state index is 0.200. The third-order valence-electron chi connectivity index (χ3n) is 4.06. The van der Waals surface area contributed by atoms with Crippen molar-refractivity contribution in [3.63, 3.8) is 0 Å². The number of aliphatic hydroxyl groups excluding tert-OH is 1. The maximum Gasteiger partial charge on any atom is 0.508 e. The zero-order valence-electron chi connectivity index (χ0n) is 13.8. The largest absolute Gasteiger partial charge is 0.508 e. The van der Waals surface area contributed by atoms with Crippen LogP contribution < -0.4 is 9.47 Å². The standard InChI is InChI=1S/C18H18O8/c19-17-23-9-13(25-17)7-21-12-4-5-15-11(6-12)2-1-3-16(15)22-8-14-10-24-18(20)26-14/h1-6,13-14,18,20H,7-10H2. The molecule has 2 aliphatic heterocycles. The third-order valence-corrected chi connectivity index (χ3v) is 4.06. The number of hydrogen-bond acceptors (Lipinski definition) is 8. The number of carbonyl (C=O) groups is 1. The molecule has 2 fully saturated rings. The maximum absolute atomic E-state index is 10.9. The van der Waals surface area contributed by atoms with Crippen LogP contribution in [0.4, 0.5) is 4.79 Å². The van der Waals surface area contributed by atoms with Crippen LogP contribution in [0, 0.1) is 0 Å². The molecule has 1 N–H and O–H groups in total. The number of carbonyl (C=O) groups excluding carboxylic acids is 1. The maximum atomic E-state index is 10.9. The summed E-state index contributed by atoms with van der Waals surface area (Å²) in [5.41, 5.74) is 0. The second-order valence-corrected chi connectivity index (χ2v) is 5.96. The van der Waals surface area contributed by atoms with E-state index in [4.69, 9.17) is 28.4 Å². The van der Waals surface area contributed by atoms with Crippen molar-refractivity contribution in [3.05, 3.63) is 36.4 Å². The van der Waals surface area contributed by atoms with Gasteiger partial charge in [0.1, 0.15) is 37.4 Å². The molecule has 0 spiro atoms. The van der Waals surface area contributed by atoms with Gasteiger partial charge in [-0.25, -0.2) is 4.79 Å². The molecular formula is C18H18O8. The first-order chi connectivity index (χ1) is 12.7. The molecular weight excluding hydrogens is 344 g/mol. The van der Waals surface area contributed by atoms with Crippen LogP contribution in [-0.4, -0.2) is 56.4 Å². The van der Waals surface area contributed by atoms with Gasteiger partial charge in [0.05, 0.1) is 6.61 Å². The Bertz CT molecular complexity index is 792. The van der Waals surface area contributed by atoms with Crippen molar-refractivity contribution in [3.8, 4) is 11.5 Å². The second-order valence-electron chi connectivity index (χ2n) is 5.96. The molecule has 0 saturated carbocycles. The van der Waals surface area contributed by atoms with Gasteiger partial charge in [0.2, 0.25) is 0 Å². The monoisotopic (exact) mass is 362 g/mol. The van der Waals surface area contributed by atoms with Crippen molar-refractivity contribution < 1.29 is 38.3 Å². The molecule has 4 rings (SSSR count). The van der Waals surface area contributed by atoms with E-state index in [1.54, 1.807) is 0 Å². The van der Waals surface area contributed by atoms with Gasteiger partial charge in [-0.3, -0.25) is 0 Å². The number of aliphatic hydroxyl groups is 1. The molecule has 0 aromatic heterocycles. The summed E-state index contributed by atoms with van der Waals surface area (Å²) in [6.45, 7) is -0.179. The van der Waals surface area contributed by atoms with Gasteiger partial charge in [-0.2, -0.15) is 0 Å². The van der Waals surface area contributed by atoms with E-state index in [1.807, 2.05) is 36.4 Å². The molecule has 2 aromatic carbocycles. The molecule has 26 heavy (non-hydrogen) atoms. The van der Waals surface area contributed by atoms with Gasteiger partial charge in [0, 0.05) is 5.39 Å². The van der Waals surface area contributed by atoms with Gasteiger partial charge in [-0.05, 0) is 29.7 Å². The Labute approximate surface area is 149 Å². The fourth-order valence-corrected chi connectivity index (χ4v) is 2.79. The first-order valence-electron chi connectivity index (χ1n) is 8.24. The summed E-state index contributed by atoms with van der Waals surface area (Å²) in [6.07, 6.45) is -1.36. The van der Waals surface area contributed by atoms with Crippen molar-refractivity contribution in [1.82, 2.24) is 0 Å². The Balaban J connectivity index is 1.41. The molecule has 3 unspecified atom stereocenters. The molecule has 8 nitrogen and oxygen atoms in total. The van der Waals surface area contributed by atoms with Crippen LogP contribution in [0.5, 0.6) is 11.5 Å². The molecule has 2 aliphatic rings. The number of rotatable bonds is 6. The Morgan fingerprint density at radius 1 is 1.08 bits per heavy atom. The van der Waals surface area contributed by atoms with E-state index in [1.165, 1.54) is 0 Å². The highest BCUT2D eigenvalue weighted by molar-refractivity contribution is 5.89. The van der Waals surface area contributed by atoms with E-state index in [-0.39, 0.29) is 25.9 Å². The Kier molecular flexibility index (Phi) is 4.79. The van der Waals surface area contributed by atoms with Gasteiger partial charge >= 0.3 is 6.16 Å².